The van der Waals surface area contributed by atoms with Gasteiger partial charge in [-0.15, -0.1) is 0 Å². The average molecular weight is 173 g/mol. The second kappa shape index (κ2) is 4.51. The number of rotatable bonds is 3. The van der Waals surface area contributed by atoms with Gasteiger partial charge in [0.05, 0.1) is 11.6 Å². The first-order chi connectivity index (χ1) is 6.27. The smallest absolute Gasteiger partial charge is 0.0992 e. The van der Waals surface area contributed by atoms with Crippen molar-refractivity contribution in [3.8, 4) is 6.07 Å². The van der Waals surface area contributed by atoms with Gasteiger partial charge < -0.3 is 4.90 Å². The third-order valence-electron chi connectivity index (χ3n) is 1.91. The molecule has 0 bridgehead atoms. The number of hydrogen-bond acceptors (Lipinski definition) is 2. The molecule has 0 fully saturated rings. The van der Waals surface area contributed by atoms with Gasteiger partial charge in [0, 0.05) is 19.3 Å². The molecule has 0 spiro atoms. The van der Waals surface area contributed by atoms with Gasteiger partial charge in [-0.25, -0.2) is 0 Å². The Morgan fingerprint density at radius 2 is 2.31 bits per heavy atom. The van der Waals surface area contributed by atoms with E-state index < -0.39 is 0 Å². The molecule has 0 aromatic heterocycles. The number of hydrogen-bond donors (Lipinski definition) is 0. The topological polar surface area (TPSA) is 27.0 Å². The molecule has 2 nitrogen and oxygen atoms in total. The highest BCUT2D eigenvalue weighted by molar-refractivity contribution is 5.50. The highest BCUT2D eigenvalue weighted by atomic mass is 15.1. The lowest BCUT2D eigenvalue weighted by Gasteiger charge is -2.17. The minimum absolute atomic E-state index is 0.702. The predicted octanol–water partition coefficient (Wildman–Crippen LogP) is 2.22. The molecule has 0 saturated heterocycles. The molecule has 13 heavy (non-hydrogen) atoms. The van der Waals surface area contributed by atoms with Crippen LogP contribution >= 0.6 is 0 Å². The standard InChI is InChI=1S/C11H13N2/c1-3-7-13(2)11-6-4-5-10(8-11)9-12/h4-6,8H,1,3,7H2,2H3. The Balaban J connectivity index is 2.83. The van der Waals surface area contributed by atoms with Crippen LogP contribution in [-0.4, -0.2) is 13.6 Å². The normalized spacial score (nSPS) is 9.31. The summed E-state index contributed by atoms with van der Waals surface area (Å²) in [4.78, 5) is 2.09. The summed E-state index contributed by atoms with van der Waals surface area (Å²) >= 11 is 0. The van der Waals surface area contributed by atoms with E-state index in [1.807, 2.05) is 31.3 Å². The largest absolute Gasteiger partial charge is 0.375 e. The van der Waals surface area contributed by atoms with Gasteiger partial charge in [-0.1, -0.05) is 13.0 Å². The van der Waals surface area contributed by atoms with Crippen LogP contribution < -0.4 is 4.90 Å². The summed E-state index contributed by atoms with van der Waals surface area (Å²) in [6, 6.07) is 9.71. The number of nitriles is 1. The first-order valence-electron chi connectivity index (χ1n) is 4.28. The fourth-order valence-corrected chi connectivity index (χ4v) is 1.18. The zero-order chi connectivity index (χ0) is 9.68. The molecule has 67 valence electrons. The highest BCUT2D eigenvalue weighted by Gasteiger charge is 1.99. The van der Waals surface area contributed by atoms with Gasteiger partial charge in [-0.05, 0) is 24.6 Å². The Bertz CT molecular complexity index is 312. The van der Waals surface area contributed by atoms with E-state index in [0.29, 0.717) is 5.56 Å². The van der Waals surface area contributed by atoms with Gasteiger partial charge in [0.25, 0.3) is 0 Å². The Kier molecular flexibility index (Phi) is 3.33. The molecular weight excluding hydrogens is 160 g/mol. The second-order valence-electron chi connectivity index (χ2n) is 2.94. The van der Waals surface area contributed by atoms with E-state index in [1.54, 1.807) is 0 Å². The molecule has 0 amide bonds. The Labute approximate surface area is 79.4 Å². The monoisotopic (exact) mass is 173 g/mol. The molecule has 0 unspecified atom stereocenters. The first kappa shape index (κ1) is 9.60. The molecule has 0 atom stereocenters. The summed E-state index contributed by atoms with van der Waals surface area (Å²) in [5, 5.41) is 8.69. The fraction of sp³-hybridized carbons (Fsp3) is 0.273. The molecular formula is C11H13N2. The zero-order valence-electron chi connectivity index (χ0n) is 7.83. The molecule has 0 aliphatic rings. The van der Waals surface area contributed by atoms with E-state index in [9.17, 15) is 0 Å². The summed E-state index contributed by atoms with van der Waals surface area (Å²) in [7, 11) is 2.00. The SMILES string of the molecule is [CH2]CCN(C)c1cccc(C#N)c1. The number of nitrogens with zero attached hydrogens (tertiary/aromatic N) is 2. The number of benzene rings is 1. The van der Waals surface area contributed by atoms with Crippen molar-refractivity contribution in [3.05, 3.63) is 36.8 Å². The lowest BCUT2D eigenvalue weighted by Crippen LogP contribution is -2.17. The van der Waals surface area contributed by atoms with Crippen molar-refractivity contribution in [2.24, 2.45) is 0 Å². The second-order valence-corrected chi connectivity index (χ2v) is 2.94. The molecule has 0 aliphatic carbocycles. The van der Waals surface area contributed by atoms with Crippen molar-refractivity contribution in [1.82, 2.24) is 0 Å². The van der Waals surface area contributed by atoms with Gasteiger partial charge in [-0.2, -0.15) is 5.26 Å². The maximum atomic E-state index is 8.69. The van der Waals surface area contributed by atoms with Gasteiger partial charge in [0.1, 0.15) is 0 Å². The average Bonchev–Trinajstić information content (AvgIpc) is 2.18. The van der Waals surface area contributed by atoms with Crippen molar-refractivity contribution >= 4 is 5.69 Å². The van der Waals surface area contributed by atoms with Gasteiger partial charge >= 0.3 is 0 Å². The van der Waals surface area contributed by atoms with Crippen molar-refractivity contribution in [3.63, 3.8) is 0 Å². The minimum atomic E-state index is 0.702. The summed E-state index contributed by atoms with van der Waals surface area (Å²) in [6.45, 7) is 4.70. The first-order valence-corrected chi connectivity index (χ1v) is 4.28. The Hall–Kier alpha value is -1.49. The molecule has 0 N–H and O–H groups in total. The van der Waals surface area contributed by atoms with E-state index >= 15 is 0 Å². The molecule has 1 radical (unpaired) electrons. The van der Waals surface area contributed by atoms with Crippen molar-refractivity contribution < 1.29 is 0 Å². The van der Waals surface area contributed by atoms with Crippen LogP contribution in [0, 0.1) is 18.3 Å². The zero-order valence-corrected chi connectivity index (χ0v) is 7.83. The van der Waals surface area contributed by atoms with Crippen LogP contribution in [0.1, 0.15) is 12.0 Å². The van der Waals surface area contributed by atoms with E-state index in [-0.39, 0.29) is 0 Å². The molecule has 1 aromatic rings. The van der Waals surface area contributed by atoms with Gasteiger partial charge in [-0.3, -0.25) is 0 Å². The Morgan fingerprint density at radius 3 is 2.92 bits per heavy atom. The lowest BCUT2D eigenvalue weighted by molar-refractivity contribution is 0.897. The highest BCUT2D eigenvalue weighted by Crippen LogP contribution is 2.14. The van der Waals surface area contributed by atoms with Crippen molar-refractivity contribution in [2.75, 3.05) is 18.5 Å². The quantitative estimate of drug-likeness (QED) is 0.700. The van der Waals surface area contributed by atoms with Crippen LogP contribution in [0.2, 0.25) is 0 Å². The van der Waals surface area contributed by atoms with Crippen LogP contribution in [0.25, 0.3) is 0 Å². The van der Waals surface area contributed by atoms with Crippen molar-refractivity contribution in [2.45, 2.75) is 6.42 Å². The van der Waals surface area contributed by atoms with Crippen LogP contribution in [0.15, 0.2) is 24.3 Å². The third kappa shape index (κ3) is 2.48. The van der Waals surface area contributed by atoms with Crippen LogP contribution in [0.4, 0.5) is 5.69 Å². The third-order valence-corrected chi connectivity index (χ3v) is 1.91. The molecule has 0 saturated carbocycles. The van der Waals surface area contributed by atoms with Crippen LogP contribution in [-0.2, 0) is 0 Å². The van der Waals surface area contributed by atoms with E-state index in [0.717, 1.165) is 18.7 Å². The summed E-state index contributed by atoms with van der Waals surface area (Å²) in [5.74, 6) is 0. The van der Waals surface area contributed by atoms with E-state index in [4.69, 9.17) is 5.26 Å². The van der Waals surface area contributed by atoms with Gasteiger partial charge in [0.2, 0.25) is 0 Å². The van der Waals surface area contributed by atoms with E-state index in [1.165, 1.54) is 0 Å². The maximum Gasteiger partial charge on any atom is 0.0992 e. The predicted molar refractivity (Wildman–Crippen MR) is 54.4 cm³/mol. The number of anilines is 1. The van der Waals surface area contributed by atoms with Gasteiger partial charge in [0.15, 0.2) is 0 Å². The molecule has 0 heterocycles. The molecule has 2 heteroatoms. The molecule has 0 aliphatic heterocycles. The summed E-state index contributed by atoms with van der Waals surface area (Å²) < 4.78 is 0. The fourth-order valence-electron chi connectivity index (χ4n) is 1.18. The minimum Gasteiger partial charge on any atom is -0.375 e. The molecule has 1 aromatic carbocycles. The summed E-state index contributed by atoms with van der Waals surface area (Å²) in [6.07, 6.45) is 0.868. The summed E-state index contributed by atoms with van der Waals surface area (Å²) in [5.41, 5.74) is 1.77. The lowest BCUT2D eigenvalue weighted by atomic mass is 10.2. The Morgan fingerprint density at radius 1 is 1.54 bits per heavy atom. The molecule has 1 rings (SSSR count). The van der Waals surface area contributed by atoms with Crippen molar-refractivity contribution in [1.29, 1.82) is 5.26 Å². The van der Waals surface area contributed by atoms with Crippen LogP contribution in [0.5, 0.6) is 0 Å². The van der Waals surface area contributed by atoms with E-state index in [2.05, 4.69) is 17.9 Å². The maximum absolute atomic E-state index is 8.69. The van der Waals surface area contributed by atoms with Crippen LogP contribution in [0.3, 0.4) is 0 Å².